The first-order valence-corrected chi connectivity index (χ1v) is 12.4. The summed E-state index contributed by atoms with van der Waals surface area (Å²) >= 11 is 5.88. The molecule has 0 spiro atoms. The van der Waals surface area contributed by atoms with E-state index in [0.717, 1.165) is 43.8 Å². The Kier molecular flexibility index (Phi) is 8.72. The number of nitrogens with one attached hydrogen (secondary N) is 1. The van der Waals surface area contributed by atoms with Gasteiger partial charge in [0.25, 0.3) is 5.91 Å². The van der Waals surface area contributed by atoms with Crippen molar-refractivity contribution in [3.05, 3.63) is 76.4 Å². The molecular formula is C27H29ClF2N4O2. The summed E-state index contributed by atoms with van der Waals surface area (Å²) < 4.78 is 33.4. The van der Waals surface area contributed by atoms with Gasteiger partial charge in [0.2, 0.25) is 0 Å². The number of likely N-dealkylation sites (tertiary alicyclic amines) is 1. The molecule has 2 heterocycles. The van der Waals surface area contributed by atoms with Gasteiger partial charge in [0.1, 0.15) is 11.6 Å². The highest BCUT2D eigenvalue weighted by Crippen LogP contribution is 2.29. The minimum atomic E-state index is -0.688. The smallest absolute Gasteiger partial charge is 0.251 e. The summed E-state index contributed by atoms with van der Waals surface area (Å²) in [4.78, 5) is 19.3. The molecule has 190 valence electrons. The molecule has 9 heteroatoms. The molecule has 0 bridgehead atoms. The van der Waals surface area contributed by atoms with E-state index in [0.29, 0.717) is 23.4 Å². The maximum atomic E-state index is 14.0. The number of rotatable bonds is 10. The molecular weight excluding hydrogens is 486 g/mol. The van der Waals surface area contributed by atoms with E-state index in [1.165, 1.54) is 12.8 Å². The van der Waals surface area contributed by atoms with Crippen molar-refractivity contribution in [2.75, 3.05) is 38.5 Å². The number of amides is 1. The van der Waals surface area contributed by atoms with Crippen LogP contribution in [0.25, 0.3) is 11.1 Å². The topological polar surface area (TPSA) is 80.5 Å². The molecule has 1 saturated heterocycles. The van der Waals surface area contributed by atoms with Crippen molar-refractivity contribution in [3.8, 4) is 16.9 Å². The van der Waals surface area contributed by atoms with E-state index in [1.54, 1.807) is 30.5 Å². The normalized spacial score (nSPS) is 13.6. The summed E-state index contributed by atoms with van der Waals surface area (Å²) in [5.74, 6) is -0.955. The number of halogens is 3. The van der Waals surface area contributed by atoms with Gasteiger partial charge in [-0.25, -0.2) is 13.8 Å². The van der Waals surface area contributed by atoms with Gasteiger partial charge in [-0.1, -0.05) is 23.7 Å². The lowest BCUT2D eigenvalue weighted by molar-refractivity contribution is 0.0952. The van der Waals surface area contributed by atoms with E-state index < -0.39 is 11.6 Å². The molecule has 6 nitrogen and oxygen atoms in total. The number of anilines is 1. The lowest BCUT2D eigenvalue weighted by Crippen LogP contribution is -2.28. The quantitative estimate of drug-likeness (QED) is 0.291. The van der Waals surface area contributed by atoms with Crippen molar-refractivity contribution in [1.82, 2.24) is 15.2 Å². The van der Waals surface area contributed by atoms with E-state index in [1.807, 2.05) is 6.07 Å². The molecule has 2 aromatic carbocycles. The van der Waals surface area contributed by atoms with Crippen molar-refractivity contribution in [2.45, 2.75) is 25.7 Å². The fourth-order valence-corrected chi connectivity index (χ4v) is 4.49. The summed E-state index contributed by atoms with van der Waals surface area (Å²) in [5, 5.41) is 2.72. The molecule has 36 heavy (non-hydrogen) atoms. The minimum Gasteiger partial charge on any atom is -0.489 e. The van der Waals surface area contributed by atoms with Crippen molar-refractivity contribution in [3.63, 3.8) is 0 Å². The average Bonchev–Trinajstić information content (AvgIpc) is 3.41. The van der Waals surface area contributed by atoms with Crippen LogP contribution in [0.15, 0.2) is 48.7 Å². The van der Waals surface area contributed by atoms with E-state index in [4.69, 9.17) is 22.1 Å². The van der Waals surface area contributed by atoms with Crippen molar-refractivity contribution >= 4 is 23.3 Å². The van der Waals surface area contributed by atoms with E-state index in [2.05, 4.69) is 15.2 Å². The van der Waals surface area contributed by atoms with Crippen LogP contribution in [0.5, 0.6) is 5.75 Å². The summed E-state index contributed by atoms with van der Waals surface area (Å²) in [6, 6.07) is 10.9. The molecule has 0 saturated carbocycles. The van der Waals surface area contributed by atoms with Gasteiger partial charge in [-0.2, -0.15) is 0 Å². The van der Waals surface area contributed by atoms with Crippen molar-refractivity contribution < 1.29 is 18.3 Å². The van der Waals surface area contributed by atoms with E-state index in [9.17, 15) is 13.6 Å². The third kappa shape index (κ3) is 6.50. The number of nitrogen functional groups attached to an aromatic ring is 1. The predicted molar refractivity (Wildman–Crippen MR) is 137 cm³/mol. The fraction of sp³-hybridized carbons (Fsp3) is 0.333. The number of hydrogen-bond acceptors (Lipinski definition) is 5. The van der Waals surface area contributed by atoms with Crippen LogP contribution in [0, 0.1) is 11.6 Å². The number of nitrogens with zero attached hydrogens (tertiary/aromatic N) is 2. The van der Waals surface area contributed by atoms with Gasteiger partial charge >= 0.3 is 0 Å². The fourth-order valence-electron chi connectivity index (χ4n) is 4.24. The Labute approximate surface area is 214 Å². The summed E-state index contributed by atoms with van der Waals surface area (Å²) in [6.07, 6.45) is 5.08. The highest BCUT2D eigenvalue weighted by molar-refractivity contribution is 6.31. The van der Waals surface area contributed by atoms with Crippen LogP contribution in [-0.4, -0.2) is 48.6 Å². The van der Waals surface area contributed by atoms with Crippen LogP contribution in [0.2, 0.25) is 5.02 Å². The molecule has 4 rings (SSSR count). The van der Waals surface area contributed by atoms with Gasteiger partial charge in [0, 0.05) is 35.9 Å². The lowest BCUT2D eigenvalue weighted by atomic mass is 10.0. The van der Waals surface area contributed by atoms with Gasteiger partial charge < -0.3 is 20.7 Å². The Balaban J connectivity index is 1.37. The van der Waals surface area contributed by atoms with Crippen LogP contribution in [0.1, 0.15) is 35.2 Å². The standard InChI is InChI=1S/C27H29ClF2N4O2/c28-25-21(22(29)7-8-23(25)30)9-14-36-24-16-20(17-33-26(24)31)18-5-3-6-19(15-18)27(35)32-10-4-13-34-11-1-2-12-34/h3,5-8,15-17H,1-2,4,9-14H2,(H2,31,33)(H,32,35). The molecule has 0 atom stereocenters. The summed E-state index contributed by atoms with van der Waals surface area (Å²) in [7, 11) is 0. The lowest BCUT2D eigenvalue weighted by Gasteiger charge is -2.14. The predicted octanol–water partition coefficient (Wildman–Crippen LogP) is 5.10. The molecule has 1 fully saturated rings. The van der Waals surface area contributed by atoms with Crippen LogP contribution in [-0.2, 0) is 6.42 Å². The number of nitrogens with two attached hydrogens (primary N) is 1. The molecule has 0 unspecified atom stereocenters. The molecule has 0 radical (unpaired) electrons. The number of aromatic nitrogens is 1. The third-order valence-electron chi connectivity index (χ3n) is 6.22. The highest BCUT2D eigenvalue weighted by Gasteiger charge is 2.14. The second-order valence-electron chi connectivity index (χ2n) is 8.77. The first-order chi connectivity index (χ1) is 17.4. The van der Waals surface area contributed by atoms with Crippen molar-refractivity contribution in [1.29, 1.82) is 0 Å². The Bertz CT molecular complexity index is 1220. The van der Waals surface area contributed by atoms with Gasteiger partial charge in [-0.15, -0.1) is 0 Å². The number of pyridine rings is 1. The minimum absolute atomic E-state index is 0.0231. The average molecular weight is 515 g/mol. The second-order valence-corrected chi connectivity index (χ2v) is 9.14. The van der Waals surface area contributed by atoms with Gasteiger partial charge in [-0.3, -0.25) is 4.79 Å². The second kappa shape index (κ2) is 12.1. The Hall–Kier alpha value is -3.23. The summed E-state index contributed by atoms with van der Waals surface area (Å²) in [6.45, 7) is 3.93. The summed E-state index contributed by atoms with van der Waals surface area (Å²) in [5.41, 5.74) is 8.02. The first-order valence-electron chi connectivity index (χ1n) is 12.0. The Morgan fingerprint density at radius 2 is 1.89 bits per heavy atom. The SMILES string of the molecule is Nc1ncc(-c2cccc(C(=O)NCCCN3CCCC3)c2)cc1OCCc1c(F)ccc(F)c1Cl. The van der Waals surface area contributed by atoms with Crippen LogP contribution >= 0.6 is 11.6 Å². The van der Waals surface area contributed by atoms with Crippen molar-refractivity contribution in [2.24, 2.45) is 0 Å². The molecule has 1 aliphatic heterocycles. The number of carbonyl (C=O) groups excluding carboxylic acids is 1. The number of benzene rings is 2. The van der Waals surface area contributed by atoms with Gasteiger partial charge in [-0.05, 0) is 74.8 Å². The van der Waals surface area contributed by atoms with Crippen LogP contribution in [0.4, 0.5) is 14.6 Å². The van der Waals surface area contributed by atoms with Gasteiger partial charge in [0.05, 0.1) is 11.6 Å². The number of ether oxygens (including phenoxy) is 1. The molecule has 1 aromatic heterocycles. The monoisotopic (exact) mass is 514 g/mol. The van der Waals surface area contributed by atoms with E-state index >= 15 is 0 Å². The highest BCUT2D eigenvalue weighted by atomic mass is 35.5. The Morgan fingerprint density at radius 1 is 1.11 bits per heavy atom. The molecule has 1 amide bonds. The zero-order valence-corrected chi connectivity index (χ0v) is 20.7. The largest absolute Gasteiger partial charge is 0.489 e. The van der Waals surface area contributed by atoms with Gasteiger partial charge in [0.15, 0.2) is 11.6 Å². The van der Waals surface area contributed by atoms with Crippen LogP contribution in [0.3, 0.4) is 0 Å². The maximum absolute atomic E-state index is 14.0. The Morgan fingerprint density at radius 3 is 2.69 bits per heavy atom. The molecule has 0 aliphatic carbocycles. The number of carbonyl (C=O) groups is 1. The first kappa shape index (κ1) is 25.9. The molecule has 1 aliphatic rings. The number of hydrogen-bond donors (Lipinski definition) is 2. The third-order valence-corrected chi connectivity index (χ3v) is 6.63. The molecule has 3 N–H and O–H groups in total. The molecule has 3 aromatic rings. The maximum Gasteiger partial charge on any atom is 0.251 e. The van der Waals surface area contributed by atoms with Crippen LogP contribution < -0.4 is 15.8 Å². The zero-order chi connectivity index (χ0) is 25.5. The zero-order valence-electron chi connectivity index (χ0n) is 19.9. The van der Waals surface area contributed by atoms with E-state index in [-0.39, 0.29) is 35.3 Å².